The van der Waals surface area contributed by atoms with Crippen molar-refractivity contribution in [3.8, 4) is 0 Å². The zero-order valence-corrected chi connectivity index (χ0v) is 19.3. The molecule has 9 nitrogen and oxygen atoms in total. The molecule has 1 amide bonds. The fourth-order valence-electron chi connectivity index (χ4n) is 3.17. The Balaban J connectivity index is 1.75. The Morgan fingerprint density at radius 3 is 2.35 bits per heavy atom. The third-order valence-corrected chi connectivity index (χ3v) is 6.86. The van der Waals surface area contributed by atoms with Gasteiger partial charge in [-0.25, -0.2) is 13.8 Å². The summed E-state index contributed by atoms with van der Waals surface area (Å²) < 4.78 is 27.6. The Hall–Kier alpha value is -3.89. The molecule has 0 aromatic heterocycles. The first-order valence-electron chi connectivity index (χ1n) is 10.4. The summed E-state index contributed by atoms with van der Waals surface area (Å²) in [7, 11) is -3.95. The molecule has 0 bridgehead atoms. The fraction of sp³-hybridized carbons (Fsp3) is 0.167. The second kappa shape index (κ2) is 11.3. The van der Waals surface area contributed by atoms with E-state index in [0.29, 0.717) is 6.42 Å². The number of rotatable bonds is 10. The van der Waals surface area contributed by atoms with Gasteiger partial charge in [-0.1, -0.05) is 60.2 Å². The van der Waals surface area contributed by atoms with E-state index in [-0.39, 0.29) is 22.7 Å². The van der Waals surface area contributed by atoms with Crippen molar-refractivity contribution in [1.29, 1.82) is 0 Å². The Kier molecular flexibility index (Phi) is 8.23. The molecular weight excluding hydrogens is 456 g/mol. The number of hydrazone groups is 1. The number of nitrogens with zero attached hydrogens (tertiary/aromatic N) is 3. The lowest BCUT2D eigenvalue weighted by molar-refractivity contribution is -0.385. The number of hydrogen-bond donors (Lipinski definition) is 1. The van der Waals surface area contributed by atoms with Crippen LogP contribution in [0.2, 0.25) is 0 Å². The molecule has 1 N–H and O–H groups in total. The molecule has 0 atom stereocenters. The number of para-hydroxylation sites is 1. The lowest BCUT2D eigenvalue weighted by Gasteiger charge is -2.21. The van der Waals surface area contributed by atoms with Crippen LogP contribution < -0.4 is 5.43 Å². The van der Waals surface area contributed by atoms with Crippen molar-refractivity contribution >= 4 is 27.8 Å². The first-order chi connectivity index (χ1) is 16.3. The molecule has 0 fully saturated rings. The van der Waals surface area contributed by atoms with Crippen molar-refractivity contribution in [1.82, 2.24) is 9.73 Å². The lowest BCUT2D eigenvalue weighted by atomic mass is 10.1. The number of aryl methyl sites for hydroxylation is 1. The quantitative estimate of drug-likeness (QED) is 0.271. The Bertz CT molecular complexity index is 1280. The molecule has 0 aliphatic carbocycles. The molecule has 0 aliphatic heterocycles. The summed E-state index contributed by atoms with van der Waals surface area (Å²) in [5, 5.41) is 14.9. The van der Waals surface area contributed by atoms with Crippen molar-refractivity contribution in [3.63, 3.8) is 0 Å². The number of nitro groups is 1. The van der Waals surface area contributed by atoms with Gasteiger partial charge in [-0.15, -0.1) is 0 Å². The fourth-order valence-corrected chi connectivity index (χ4v) is 4.57. The Morgan fingerprint density at radius 1 is 1.03 bits per heavy atom. The van der Waals surface area contributed by atoms with E-state index < -0.39 is 27.4 Å². The predicted molar refractivity (Wildman–Crippen MR) is 129 cm³/mol. The largest absolute Gasteiger partial charge is 0.278 e. The van der Waals surface area contributed by atoms with Crippen LogP contribution in [0.4, 0.5) is 5.69 Å². The van der Waals surface area contributed by atoms with Crippen molar-refractivity contribution in [3.05, 3.63) is 106 Å². The van der Waals surface area contributed by atoms with Crippen LogP contribution in [0.25, 0.3) is 0 Å². The molecule has 0 heterocycles. The van der Waals surface area contributed by atoms with Gasteiger partial charge in [0, 0.05) is 12.6 Å². The van der Waals surface area contributed by atoms with Crippen molar-refractivity contribution < 1.29 is 18.1 Å². The van der Waals surface area contributed by atoms with Crippen molar-refractivity contribution in [2.24, 2.45) is 5.10 Å². The molecule has 0 unspecified atom stereocenters. The molecule has 3 aromatic carbocycles. The third kappa shape index (κ3) is 6.56. The molecule has 176 valence electrons. The molecule has 0 aliphatic rings. The molecule has 0 spiro atoms. The van der Waals surface area contributed by atoms with Crippen molar-refractivity contribution in [2.75, 3.05) is 13.1 Å². The van der Waals surface area contributed by atoms with Crippen LogP contribution in [0.15, 0.2) is 88.9 Å². The second-order valence-corrected chi connectivity index (χ2v) is 9.43. The van der Waals surface area contributed by atoms with E-state index in [1.54, 1.807) is 18.2 Å². The molecule has 10 heteroatoms. The van der Waals surface area contributed by atoms with Crippen LogP contribution in [0.1, 0.15) is 16.7 Å². The maximum absolute atomic E-state index is 13.2. The van der Waals surface area contributed by atoms with E-state index in [2.05, 4.69) is 10.5 Å². The minimum Gasteiger partial charge on any atom is -0.272 e. The maximum Gasteiger partial charge on any atom is 0.278 e. The summed E-state index contributed by atoms with van der Waals surface area (Å²) in [6.45, 7) is 1.48. The van der Waals surface area contributed by atoms with Crippen LogP contribution in [-0.4, -0.2) is 42.9 Å². The minimum absolute atomic E-state index is 0.0848. The van der Waals surface area contributed by atoms with E-state index in [9.17, 15) is 23.3 Å². The molecule has 0 saturated heterocycles. The number of sulfonamides is 1. The first kappa shape index (κ1) is 24.7. The van der Waals surface area contributed by atoms with Gasteiger partial charge in [0.15, 0.2) is 0 Å². The molecule has 3 rings (SSSR count). The number of nitrogens with one attached hydrogen (secondary N) is 1. The van der Waals surface area contributed by atoms with Gasteiger partial charge in [-0.2, -0.15) is 9.41 Å². The smallest absolute Gasteiger partial charge is 0.272 e. The number of benzene rings is 3. The van der Waals surface area contributed by atoms with Gasteiger partial charge in [0.25, 0.3) is 11.6 Å². The second-order valence-electron chi connectivity index (χ2n) is 7.50. The normalized spacial score (nSPS) is 11.6. The average molecular weight is 481 g/mol. The first-order valence-corrected chi connectivity index (χ1v) is 11.9. The van der Waals surface area contributed by atoms with Crippen LogP contribution in [-0.2, 0) is 21.2 Å². The molecular formula is C24H24N4O5S. The summed E-state index contributed by atoms with van der Waals surface area (Å²) in [6.07, 6.45) is 1.57. The molecule has 0 radical (unpaired) electrons. The highest BCUT2D eigenvalue weighted by Crippen LogP contribution is 2.18. The highest BCUT2D eigenvalue weighted by molar-refractivity contribution is 7.89. The SMILES string of the molecule is Cc1ccc(S(=O)(=O)N(CCc2ccccc2)CC(=O)NN=Cc2ccccc2[N+](=O)[O-])cc1. The standard InChI is InChI=1S/C24H24N4O5S/c1-19-11-13-22(14-12-19)34(32,33)27(16-15-20-7-3-2-4-8-20)18-24(29)26-25-17-21-9-5-6-10-23(21)28(30)31/h2-14,17H,15-16,18H2,1H3,(H,26,29). The summed E-state index contributed by atoms with van der Waals surface area (Å²) in [6, 6.07) is 21.7. The topological polar surface area (TPSA) is 122 Å². The summed E-state index contributed by atoms with van der Waals surface area (Å²) >= 11 is 0. The van der Waals surface area contributed by atoms with Gasteiger partial charge in [-0.3, -0.25) is 14.9 Å². The van der Waals surface area contributed by atoms with Gasteiger partial charge in [0.1, 0.15) is 0 Å². The Labute approximate surface area is 197 Å². The van der Waals surface area contributed by atoms with Gasteiger partial charge in [-0.05, 0) is 37.1 Å². The highest BCUT2D eigenvalue weighted by atomic mass is 32.2. The summed E-state index contributed by atoms with van der Waals surface area (Å²) in [5.74, 6) is -0.668. The third-order valence-electron chi connectivity index (χ3n) is 5.00. The van der Waals surface area contributed by atoms with E-state index in [0.717, 1.165) is 21.6 Å². The number of carbonyl (C=O) groups is 1. The predicted octanol–water partition coefficient (Wildman–Crippen LogP) is 3.29. The van der Waals surface area contributed by atoms with Gasteiger partial charge >= 0.3 is 0 Å². The maximum atomic E-state index is 13.2. The zero-order chi connectivity index (χ0) is 24.6. The molecule has 3 aromatic rings. The van der Waals surface area contributed by atoms with E-state index in [4.69, 9.17) is 0 Å². The summed E-state index contributed by atoms with van der Waals surface area (Å²) in [5.41, 5.74) is 4.16. The Morgan fingerprint density at radius 2 is 1.68 bits per heavy atom. The van der Waals surface area contributed by atoms with E-state index in [1.807, 2.05) is 37.3 Å². The minimum atomic E-state index is -3.95. The number of nitro benzene ring substituents is 1. The molecule has 34 heavy (non-hydrogen) atoms. The van der Waals surface area contributed by atoms with Gasteiger partial charge < -0.3 is 0 Å². The van der Waals surface area contributed by atoms with Crippen LogP contribution in [0, 0.1) is 17.0 Å². The van der Waals surface area contributed by atoms with Crippen LogP contribution >= 0.6 is 0 Å². The zero-order valence-electron chi connectivity index (χ0n) is 18.5. The van der Waals surface area contributed by atoms with Gasteiger partial charge in [0.05, 0.1) is 28.1 Å². The lowest BCUT2D eigenvalue weighted by Crippen LogP contribution is -2.40. The average Bonchev–Trinajstić information content (AvgIpc) is 2.82. The van der Waals surface area contributed by atoms with Crippen LogP contribution in [0.3, 0.4) is 0 Å². The van der Waals surface area contributed by atoms with E-state index in [1.165, 1.54) is 30.3 Å². The number of amides is 1. The monoisotopic (exact) mass is 480 g/mol. The highest BCUT2D eigenvalue weighted by Gasteiger charge is 2.26. The van der Waals surface area contributed by atoms with Gasteiger partial charge in [0.2, 0.25) is 10.0 Å². The van der Waals surface area contributed by atoms with E-state index >= 15 is 0 Å². The number of carbonyl (C=O) groups excluding carboxylic acids is 1. The number of hydrogen-bond acceptors (Lipinski definition) is 6. The van der Waals surface area contributed by atoms with Crippen LogP contribution in [0.5, 0.6) is 0 Å². The molecule has 0 saturated carbocycles. The van der Waals surface area contributed by atoms with Crippen molar-refractivity contribution in [2.45, 2.75) is 18.2 Å². The summed E-state index contributed by atoms with van der Waals surface area (Å²) in [4.78, 5) is 23.2.